The molecule has 1 aromatic rings. The van der Waals surface area contributed by atoms with Crippen LogP contribution < -0.4 is 0 Å². The van der Waals surface area contributed by atoms with Crippen LogP contribution >= 0.6 is 0 Å². The summed E-state index contributed by atoms with van der Waals surface area (Å²) in [7, 11) is 0. The average Bonchev–Trinajstić information content (AvgIpc) is 2.47. The van der Waals surface area contributed by atoms with E-state index in [0.717, 1.165) is 12.0 Å². The summed E-state index contributed by atoms with van der Waals surface area (Å²) in [6.07, 6.45) is 3.24. The quantitative estimate of drug-likeness (QED) is 0.860. The largest absolute Gasteiger partial charge is 0.481 e. The van der Waals surface area contributed by atoms with Crippen molar-refractivity contribution in [2.45, 2.75) is 19.8 Å². The van der Waals surface area contributed by atoms with E-state index >= 15 is 0 Å². The van der Waals surface area contributed by atoms with Crippen LogP contribution in [-0.2, 0) is 9.59 Å². The Morgan fingerprint density at radius 3 is 2.65 bits per heavy atom. The molecule has 1 fully saturated rings. The number of aliphatic carboxylic acids is 1. The lowest BCUT2D eigenvalue weighted by atomic mass is 9.97. The molecule has 0 radical (unpaired) electrons. The van der Waals surface area contributed by atoms with Crippen LogP contribution in [0.15, 0.2) is 35.9 Å². The van der Waals surface area contributed by atoms with E-state index < -0.39 is 11.9 Å². The molecule has 1 saturated heterocycles. The third-order valence-electron chi connectivity index (χ3n) is 3.58. The van der Waals surface area contributed by atoms with Crippen LogP contribution in [0.5, 0.6) is 0 Å². The number of amides is 1. The van der Waals surface area contributed by atoms with Gasteiger partial charge in [0.25, 0.3) is 0 Å². The second-order valence-corrected chi connectivity index (χ2v) is 5.17. The average molecular weight is 273 g/mol. The van der Waals surface area contributed by atoms with E-state index in [9.17, 15) is 9.59 Å². The summed E-state index contributed by atoms with van der Waals surface area (Å²) in [4.78, 5) is 25.0. The Balaban J connectivity index is 2.07. The molecule has 1 heterocycles. The molecule has 1 aliphatic rings. The van der Waals surface area contributed by atoms with Gasteiger partial charge in [-0.3, -0.25) is 9.59 Å². The number of piperidine rings is 1. The molecular weight excluding hydrogens is 254 g/mol. The van der Waals surface area contributed by atoms with Gasteiger partial charge >= 0.3 is 5.97 Å². The molecule has 1 aliphatic heterocycles. The van der Waals surface area contributed by atoms with Crippen molar-refractivity contribution in [3.05, 3.63) is 41.5 Å². The van der Waals surface area contributed by atoms with Gasteiger partial charge < -0.3 is 10.0 Å². The number of nitrogens with zero attached hydrogens (tertiary/aromatic N) is 1. The number of benzene rings is 1. The molecule has 0 saturated carbocycles. The van der Waals surface area contributed by atoms with Crippen LogP contribution in [0.3, 0.4) is 0 Å². The highest BCUT2D eigenvalue weighted by Gasteiger charge is 2.28. The molecule has 1 atom stereocenters. The Morgan fingerprint density at radius 1 is 1.30 bits per heavy atom. The molecule has 1 N–H and O–H groups in total. The summed E-state index contributed by atoms with van der Waals surface area (Å²) in [6.45, 7) is 2.73. The van der Waals surface area contributed by atoms with E-state index in [0.29, 0.717) is 25.1 Å². The molecular formula is C16H19NO3. The van der Waals surface area contributed by atoms with Crippen molar-refractivity contribution in [3.8, 4) is 0 Å². The second-order valence-electron chi connectivity index (χ2n) is 5.17. The molecule has 1 amide bonds. The third-order valence-corrected chi connectivity index (χ3v) is 3.58. The SMILES string of the molecule is C/C(=C\c1ccccc1)C(=O)N1CCC[C@H](C(=O)O)C1. The lowest BCUT2D eigenvalue weighted by molar-refractivity contribution is -0.145. The monoisotopic (exact) mass is 273 g/mol. The Bertz CT molecular complexity index is 522. The van der Waals surface area contributed by atoms with Gasteiger partial charge in [-0.2, -0.15) is 0 Å². The molecule has 4 nitrogen and oxygen atoms in total. The number of rotatable bonds is 3. The van der Waals surface area contributed by atoms with Gasteiger partial charge in [0.15, 0.2) is 0 Å². The number of hydrogen-bond acceptors (Lipinski definition) is 2. The predicted molar refractivity (Wildman–Crippen MR) is 77.0 cm³/mol. The van der Waals surface area contributed by atoms with E-state index in [2.05, 4.69) is 0 Å². The van der Waals surface area contributed by atoms with E-state index in [1.165, 1.54) is 0 Å². The highest BCUT2D eigenvalue weighted by atomic mass is 16.4. The number of carbonyl (C=O) groups is 2. The van der Waals surface area contributed by atoms with Gasteiger partial charge in [0.1, 0.15) is 0 Å². The molecule has 2 rings (SSSR count). The highest BCUT2D eigenvalue weighted by Crippen LogP contribution is 2.19. The van der Waals surface area contributed by atoms with Crippen molar-refractivity contribution < 1.29 is 14.7 Å². The molecule has 0 aliphatic carbocycles. The van der Waals surface area contributed by atoms with Crippen LogP contribution in [0.25, 0.3) is 6.08 Å². The van der Waals surface area contributed by atoms with Crippen LogP contribution in [-0.4, -0.2) is 35.0 Å². The van der Waals surface area contributed by atoms with E-state index in [-0.39, 0.29) is 5.91 Å². The maximum atomic E-state index is 12.3. The van der Waals surface area contributed by atoms with Gasteiger partial charge in [0.05, 0.1) is 5.92 Å². The van der Waals surface area contributed by atoms with Gasteiger partial charge in [-0.15, -0.1) is 0 Å². The van der Waals surface area contributed by atoms with Crippen LogP contribution in [0.2, 0.25) is 0 Å². The molecule has 0 unspecified atom stereocenters. The first-order chi connectivity index (χ1) is 9.58. The zero-order valence-corrected chi connectivity index (χ0v) is 11.6. The Labute approximate surface area is 118 Å². The van der Waals surface area contributed by atoms with Gasteiger partial charge in [0.2, 0.25) is 5.91 Å². The molecule has 0 bridgehead atoms. The van der Waals surface area contributed by atoms with Gasteiger partial charge in [-0.05, 0) is 31.4 Å². The summed E-state index contributed by atoms with van der Waals surface area (Å²) in [5.41, 5.74) is 1.62. The predicted octanol–water partition coefficient (Wildman–Crippen LogP) is 2.41. The van der Waals surface area contributed by atoms with Gasteiger partial charge in [-0.1, -0.05) is 30.3 Å². The second kappa shape index (κ2) is 6.37. The normalized spacial score (nSPS) is 19.8. The third kappa shape index (κ3) is 3.47. The lowest BCUT2D eigenvalue weighted by Gasteiger charge is -2.31. The maximum Gasteiger partial charge on any atom is 0.308 e. The topological polar surface area (TPSA) is 57.6 Å². The first-order valence-electron chi connectivity index (χ1n) is 6.83. The minimum Gasteiger partial charge on any atom is -0.481 e. The zero-order valence-electron chi connectivity index (χ0n) is 11.6. The Hall–Kier alpha value is -2.10. The van der Waals surface area contributed by atoms with Crippen molar-refractivity contribution in [2.75, 3.05) is 13.1 Å². The summed E-state index contributed by atoms with van der Waals surface area (Å²) in [6, 6.07) is 9.65. The molecule has 106 valence electrons. The maximum absolute atomic E-state index is 12.3. The Kier molecular flexibility index (Phi) is 4.56. The summed E-state index contributed by atoms with van der Waals surface area (Å²) in [5, 5.41) is 9.06. The van der Waals surface area contributed by atoms with Crippen molar-refractivity contribution in [3.63, 3.8) is 0 Å². The number of carbonyl (C=O) groups excluding carboxylic acids is 1. The lowest BCUT2D eigenvalue weighted by Crippen LogP contribution is -2.42. The minimum atomic E-state index is -0.813. The van der Waals surface area contributed by atoms with E-state index in [1.54, 1.807) is 11.8 Å². The number of carboxylic acids is 1. The fourth-order valence-corrected chi connectivity index (χ4v) is 2.47. The number of carboxylic acid groups (broad SMARTS) is 1. The fraction of sp³-hybridized carbons (Fsp3) is 0.375. The minimum absolute atomic E-state index is 0.0696. The van der Waals surface area contributed by atoms with Crippen LogP contribution in [0.4, 0.5) is 0 Å². The smallest absolute Gasteiger partial charge is 0.308 e. The van der Waals surface area contributed by atoms with Crippen molar-refractivity contribution >= 4 is 18.0 Å². The van der Waals surface area contributed by atoms with Gasteiger partial charge in [-0.25, -0.2) is 0 Å². The summed E-state index contributed by atoms with van der Waals surface area (Å²) >= 11 is 0. The number of hydrogen-bond donors (Lipinski definition) is 1. The van der Waals surface area contributed by atoms with E-state index in [1.807, 2.05) is 36.4 Å². The van der Waals surface area contributed by atoms with Gasteiger partial charge in [0, 0.05) is 18.7 Å². The van der Waals surface area contributed by atoms with Crippen molar-refractivity contribution in [2.24, 2.45) is 5.92 Å². The highest BCUT2D eigenvalue weighted by molar-refractivity contribution is 5.97. The van der Waals surface area contributed by atoms with Crippen LogP contribution in [0, 0.1) is 5.92 Å². The zero-order chi connectivity index (χ0) is 14.5. The molecule has 0 aromatic heterocycles. The van der Waals surface area contributed by atoms with E-state index in [4.69, 9.17) is 5.11 Å². The standard InChI is InChI=1S/C16H19NO3/c1-12(10-13-6-3-2-4-7-13)15(18)17-9-5-8-14(11-17)16(19)20/h2-4,6-7,10,14H,5,8-9,11H2,1H3,(H,19,20)/b12-10+/t14-/m0/s1. The first-order valence-corrected chi connectivity index (χ1v) is 6.83. The molecule has 20 heavy (non-hydrogen) atoms. The Morgan fingerprint density at radius 2 is 2.00 bits per heavy atom. The van der Waals surface area contributed by atoms with Crippen molar-refractivity contribution in [1.29, 1.82) is 0 Å². The summed E-state index contributed by atoms with van der Waals surface area (Å²) < 4.78 is 0. The van der Waals surface area contributed by atoms with Crippen molar-refractivity contribution in [1.82, 2.24) is 4.90 Å². The number of likely N-dealkylation sites (tertiary alicyclic amines) is 1. The fourth-order valence-electron chi connectivity index (χ4n) is 2.47. The van der Waals surface area contributed by atoms with Crippen LogP contribution in [0.1, 0.15) is 25.3 Å². The molecule has 4 heteroatoms. The molecule has 1 aromatic carbocycles. The molecule has 0 spiro atoms. The summed E-state index contributed by atoms with van der Waals surface area (Å²) in [5.74, 6) is -1.32. The first kappa shape index (κ1) is 14.3.